The van der Waals surface area contributed by atoms with Crippen molar-refractivity contribution in [2.45, 2.75) is 12.3 Å². The van der Waals surface area contributed by atoms with E-state index in [9.17, 15) is 4.39 Å². The predicted molar refractivity (Wildman–Crippen MR) is 78.6 cm³/mol. The van der Waals surface area contributed by atoms with Gasteiger partial charge in [-0.05, 0) is 24.1 Å². The Labute approximate surface area is 126 Å². The summed E-state index contributed by atoms with van der Waals surface area (Å²) in [5, 5.41) is 7.26. The molecule has 21 heavy (non-hydrogen) atoms. The van der Waals surface area contributed by atoms with Crippen molar-refractivity contribution in [2.75, 3.05) is 0 Å². The molecule has 1 aromatic heterocycles. The second-order valence-corrected chi connectivity index (χ2v) is 5.09. The molecular formula is C16H12ClFN2O. The van der Waals surface area contributed by atoms with Crippen LogP contribution in [0.3, 0.4) is 0 Å². The van der Waals surface area contributed by atoms with Gasteiger partial charge in [0, 0.05) is 0 Å². The molecule has 3 aromatic rings. The first-order chi connectivity index (χ1) is 10.2. The molecule has 1 unspecified atom stereocenters. The lowest BCUT2D eigenvalue weighted by Crippen LogP contribution is -1.92. The molecule has 0 aliphatic heterocycles. The Morgan fingerprint density at radius 2 is 1.81 bits per heavy atom. The molecule has 3 rings (SSSR count). The van der Waals surface area contributed by atoms with Crippen LogP contribution in [0.1, 0.15) is 22.4 Å². The summed E-state index contributed by atoms with van der Waals surface area (Å²) in [4.78, 5) is 0. The Balaban J connectivity index is 1.95. The van der Waals surface area contributed by atoms with Crippen molar-refractivity contribution in [2.24, 2.45) is 0 Å². The zero-order chi connectivity index (χ0) is 14.8. The maximum atomic E-state index is 14.1. The molecule has 106 valence electrons. The molecule has 2 aromatic carbocycles. The lowest BCUT2D eigenvalue weighted by Gasteiger charge is -2.04. The van der Waals surface area contributed by atoms with Gasteiger partial charge in [-0.2, -0.15) is 0 Å². The molecule has 0 saturated heterocycles. The van der Waals surface area contributed by atoms with E-state index in [4.69, 9.17) is 16.0 Å². The first-order valence-corrected chi connectivity index (χ1v) is 6.88. The topological polar surface area (TPSA) is 38.9 Å². The SMILES string of the molecule is Cc1cccc(-c2nnc(C(Cl)c3ccccc3)o2)c1F. The molecule has 5 heteroatoms. The summed E-state index contributed by atoms with van der Waals surface area (Å²) in [6, 6.07) is 14.4. The van der Waals surface area contributed by atoms with E-state index < -0.39 is 5.38 Å². The fraction of sp³-hybridized carbons (Fsp3) is 0.125. The third kappa shape index (κ3) is 2.67. The van der Waals surface area contributed by atoms with Gasteiger partial charge < -0.3 is 4.42 Å². The summed E-state index contributed by atoms with van der Waals surface area (Å²) in [5.41, 5.74) is 1.66. The van der Waals surface area contributed by atoms with Gasteiger partial charge in [-0.25, -0.2) is 4.39 Å². The van der Waals surface area contributed by atoms with Gasteiger partial charge in [0.1, 0.15) is 11.2 Å². The van der Waals surface area contributed by atoms with Crippen LogP contribution in [0.2, 0.25) is 0 Å². The molecule has 0 aliphatic rings. The Morgan fingerprint density at radius 3 is 2.57 bits per heavy atom. The summed E-state index contributed by atoms with van der Waals surface area (Å²) in [7, 11) is 0. The third-order valence-electron chi connectivity index (χ3n) is 3.17. The maximum absolute atomic E-state index is 14.1. The van der Waals surface area contributed by atoms with Gasteiger partial charge in [-0.15, -0.1) is 21.8 Å². The van der Waals surface area contributed by atoms with E-state index in [2.05, 4.69) is 10.2 Å². The molecule has 1 atom stereocenters. The molecule has 0 saturated carbocycles. The highest BCUT2D eigenvalue weighted by Crippen LogP contribution is 2.30. The lowest BCUT2D eigenvalue weighted by molar-refractivity contribution is 0.508. The van der Waals surface area contributed by atoms with Crippen molar-refractivity contribution in [3.05, 3.63) is 71.4 Å². The zero-order valence-corrected chi connectivity index (χ0v) is 12.0. The van der Waals surface area contributed by atoms with E-state index in [0.29, 0.717) is 5.56 Å². The second kappa shape index (κ2) is 5.66. The minimum absolute atomic E-state index is 0.132. The van der Waals surface area contributed by atoms with E-state index >= 15 is 0 Å². The summed E-state index contributed by atoms with van der Waals surface area (Å²) in [5.74, 6) is 0.0186. The zero-order valence-electron chi connectivity index (χ0n) is 11.3. The van der Waals surface area contributed by atoms with Crippen molar-refractivity contribution in [1.82, 2.24) is 10.2 Å². The number of nitrogens with zero attached hydrogens (tertiary/aromatic N) is 2. The Bertz CT molecular complexity index is 758. The molecule has 0 spiro atoms. The van der Waals surface area contributed by atoms with Crippen LogP contribution in [-0.2, 0) is 0 Å². The molecule has 0 radical (unpaired) electrons. The monoisotopic (exact) mass is 302 g/mol. The van der Waals surface area contributed by atoms with Gasteiger partial charge in [0.2, 0.25) is 5.89 Å². The highest BCUT2D eigenvalue weighted by Gasteiger charge is 2.20. The number of hydrogen-bond donors (Lipinski definition) is 0. The van der Waals surface area contributed by atoms with Crippen LogP contribution in [0.5, 0.6) is 0 Å². The summed E-state index contributed by atoms with van der Waals surface area (Å²) < 4.78 is 19.6. The van der Waals surface area contributed by atoms with Crippen LogP contribution in [0.15, 0.2) is 52.9 Å². The largest absolute Gasteiger partial charge is 0.419 e. The van der Waals surface area contributed by atoms with Crippen molar-refractivity contribution < 1.29 is 8.81 Å². The average Bonchev–Trinajstić information content (AvgIpc) is 3.00. The van der Waals surface area contributed by atoms with E-state index in [-0.39, 0.29) is 23.2 Å². The molecule has 0 amide bonds. The Kier molecular flexibility index (Phi) is 3.71. The number of aromatic nitrogens is 2. The normalized spacial score (nSPS) is 12.3. The average molecular weight is 303 g/mol. The van der Waals surface area contributed by atoms with Crippen LogP contribution in [0.25, 0.3) is 11.5 Å². The quantitative estimate of drug-likeness (QED) is 0.668. The highest BCUT2D eigenvalue weighted by atomic mass is 35.5. The van der Waals surface area contributed by atoms with Crippen LogP contribution in [0.4, 0.5) is 4.39 Å². The molecule has 3 nitrogen and oxygen atoms in total. The van der Waals surface area contributed by atoms with Crippen LogP contribution in [0, 0.1) is 12.7 Å². The first kappa shape index (κ1) is 13.8. The Morgan fingerprint density at radius 1 is 1.05 bits per heavy atom. The van der Waals surface area contributed by atoms with Crippen LogP contribution in [-0.4, -0.2) is 10.2 Å². The van der Waals surface area contributed by atoms with Crippen molar-refractivity contribution in [1.29, 1.82) is 0 Å². The van der Waals surface area contributed by atoms with Crippen LogP contribution >= 0.6 is 11.6 Å². The molecule has 0 N–H and O–H groups in total. The summed E-state index contributed by atoms with van der Waals surface area (Å²) in [6.07, 6.45) is 0. The number of rotatable bonds is 3. The van der Waals surface area contributed by atoms with Crippen molar-refractivity contribution in [3.8, 4) is 11.5 Å². The minimum Gasteiger partial charge on any atom is -0.419 e. The molecule has 0 bridgehead atoms. The first-order valence-electron chi connectivity index (χ1n) is 6.44. The van der Waals surface area contributed by atoms with E-state index in [1.165, 1.54) is 0 Å². The molecule has 0 fully saturated rings. The standard InChI is InChI=1S/C16H12ClFN2O/c1-10-6-5-9-12(14(10)18)15-19-20-16(21-15)13(17)11-7-3-2-4-8-11/h2-9,13H,1H3. The van der Waals surface area contributed by atoms with Gasteiger partial charge in [-0.1, -0.05) is 42.5 Å². The fourth-order valence-electron chi connectivity index (χ4n) is 2.02. The van der Waals surface area contributed by atoms with E-state index in [0.717, 1.165) is 5.56 Å². The number of aryl methyl sites for hydroxylation is 1. The smallest absolute Gasteiger partial charge is 0.250 e. The maximum Gasteiger partial charge on any atom is 0.250 e. The summed E-state index contributed by atoms with van der Waals surface area (Å²) in [6.45, 7) is 1.68. The number of hydrogen-bond acceptors (Lipinski definition) is 3. The van der Waals surface area contributed by atoms with Gasteiger partial charge in [0.15, 0.2) is 0 Å². The number of halogens is 2. The minimum atomic E-state index is -0.555. The Hall–Kier alpha value is -2.20. The lowest BCUT2D eigenvalue weighted by atomic mass is 10.1. The molecular weight excluding hydrogens is 291 g/mol. The van der Waals surface area contributed by atoms with Gasteiger partial charge in [0.25, 0.3) is 5.89 Å². The van der Waals surface area contributed by atoms with Gasteiger partial charge >= 0.3 is 0 Å². The molecule has 0 aliphatic carbocycles. The number of alkyl halides is 1. The second-order valence-electron chi connectivity index (χ2n) is 4.66. The van der Waals surface area contributed by atoms with E-state index in [1.807, 2.05) is 30.3 Å². The van der Waals surface area contributed by atoms with E-state index in [1.54, 1.807) is 25.1 Å². The highest BCUT2D eigenvalue weighted by molar-refractivity contribution is 6.22. The predicted octanol–water partition coefficient (Wildman–Crippen LogP) is 4.51. The fourth-order valence-corrected chi connectivity index (χ4v) is 2.26. The van der Waals surface area contributed by atoms with Gasteiger partial charge in [-0.3, -0.25) is 0 Å². The number of benzene rings is 2. The van der Waals surface area contributed by atoms with Crippen LogP contribution < -0.4 is 0 Å². The van der Waals surface area contributed by atoms with Crippen molar-refractivity contribution in [3.63, 3.8) is 0 Å². The third-order valence-corrected chi connectivity index (χ3v) is 3.61. The van der Waals surface area contributed by atoms with Crippen molar-refractivity contribution >= 4 is 11.6 Å². The summed E-state index contributed by atoms with van der Waals surface area (Å²) >= 11 is 6.31. The molecule has 1 heterocycles. The van der Waals surface area contributed by atoms with Gasteiger partial charge in [0.05, 0.1) is 5.56 Å².